The van der Waals surface area contributed by atoms with Crippen LogP contribution in [0.2, 0.25) is 5.02 Å². The van der Waals surface area contributed by atoms with Gasteiger partial charge in [0.05, 0.1) is 12.1 Å². The van der Waals surface area contributed by atoms with Gasteiger partial charge in [-0.25, -0.2) is 4.68 Å². The first-order valence-corrected chi connectivity index (χ1v) is 9.02. The molecule has 3 aromatic rings. The molecule has 1 aromatic carbocycles. The Hall–Kier alpha value is -2.91. The van der Waals surface area contributed by atoms with Gasteiger partial charge in [-0.05, 0) is 31.5 Å². The van der Waals surface area contributed by atoms with Crippen molar-refractivity contribution in [2.24, 2.45) is 0 Å². The molecule has 0 aliphatic heterocycles. The summed E-state index contributed by atoms with van der Waals surface area (Å²) in [6.45, 7) is 2.95. The molecule has 0 saturated carbocycles. The lowest BCUT2D eigenvalue weighted by atomic mass is 10.0. The summed E-state index contributed by atoms with van der Waals surface area (Å²) in [6.07, 6.45) is 0.220. The largest absolute Gasteiger partial charge is 0.380 e. The zero-order valence-electron chi connectivity index (χ0n) is 15.3. The molecule has 9 nitrogen and oxygen atoms in total. The van der Waals surface area contributed by atoms with Crippen molar-refractivity contribution in [1.29, 1.82) is 0 Å². The summed E-state index contributed by atoms with van der Waals surface area (Å²) in [7, 11) is 0. The molecule has 1 amide bonds. The van der Waals surface area contributed by atoms with Gasteiger partial charge in [-0.1, -0.05) is 18.5 Å². The minimum Gasteiger partial charge on any atom is -0.380 e. The molecule has 0 radical (unpaired) electrons. The van der Waals surface area contributed by atoms with E-state index in [-0.39, 0.29) is 35.8 Å². The molecule has 148 valence electrons. The Morgan fingerprint density at radius 2 is 2.04 bits per heavy atom. The second-order valence-electron chi connectivity index (χ2n) is 6.68. The number of nitrogens with one attached hydrogen (secondary N) is 3. The van der Waals surface area contributed by atoms with Gasteiger partial charge in [0.25, 0.3) is 17.0 Å². The first kappa shape index (κ1) is 19.8. The molecule has 0 spiro atoms. The summed E-state index contributed by atoms with van der Waals surface area (Å²) < 4.78 is 0.961. The van der Waals surface area contributed by atoms with Crippen LogP contribution in [-0.4, -0.2) is 37.9 Å². The van der Waals surface area contributed by atoms with Gasteiger partial charge < -0.3 is 15.4 Å². The average molecular weight is 407 g/mol. The van der Waals surface area contributed by atoms with Crippen LogP contribution in [0.15, 0.2) is 32.6 Å². The summed E-state index contributed by atoms with van der Waals surface area (Å²) >= 11 is 5.92. The number of benzene rings is 1. The van der Waals surface area contributed by atoms with Crippen molar-refractivity contribution in [2.75, 3.05) is 6.54 Å². The summed E-state index contributed by atoms with van der Waals surface area (Å²) in [6, 6.07) is 4.50. The lowest BCUT2D eigenvalue weighted by Gasteiger charge is -2.20. The predicted octanol–water partition coefficient (Wildman–Crippen LogP) is 0.462. The number of carbonyl (C=O) groups is 1. The van der Waals surface area contributed by atoms with Crippen LogP contribution in [0.5, 0.6) is 0 Å². The van der Waals surface area contributed by atoms with Crippen LogP contribution >= 0.6 is 11.6 Å². The second-order valence-corrected chi connectivity index (χ2v) is 7.11. The third-order valence-electron chi connectivity index (χ3n) is 4.68. The molecule has 0 saturated heterocycles. The highest BCUT2D eigenvalue weighted by Crippen LogP contribution is 2.16. The highest BCUT2D eigenvalue weighted by molar-refractivity contribution is 6.31. The molecule has 0 aliphatic carbocycles. The number of fused-ring (bicyclic) bond motifs is 2. The number of amides is 1. The van der Waals surface area contributed by atoms with Crippen LogP contribution in [0.25, 0.3) is 21.8 Å². The zero-order chi connectivity index (χ0) is 20.6. The summed E-state index contributed by atoms with van der Waals surface area (Å²) in [5, 5.41) is 15.1. The first-order chi connectivity index (χ1) is 13.2. The third-order valence-corrected chi connectivity index (χ3v) is 4.92. The van der Waals surface area contributed by atoms with Gasteiger partial charge in [0.15, 0.2) is 0 Å². The lowest BCUT2D eigenvalue weighted by molar-refractivity contribution is -0.138. The van der Waals surface area contributed by atoms with Crippen molar-refractivity contribution in [3.63, 3.8) is 0 Å². The molecule has 1 unspecified atom stereocenters. The molecule has 28 heavy (non-hydrogen) atoms. The van der Waals surface area contributed by atoms with Crippen molar-refractivity contribution in [3.8, 4) is 0 Å². The Morgan fingerprint density at radius 1 is 1.32 bits per heavy atom. The zero-order valence-corrected chi connectivity index (χ0v) is 16.0. The fourth-order valence-corrected chi connectivity index (χ4v) is 2.96. The second kappa shape index (κ2) is 7.25. The highest BCUT2D eigenvalue weighted by atomic mass is 35.5. The molecular formula is C18H19ClN4O5. The van der Waals surface area contributed by atoms with Gasteiger partial charge in [-0.2, -0.15) is 0 Å². The van der Waals surface area contributed by atoms with Crippen molar-refractivity contribution in [3.05, 3.63) is 54.2 Å². The van der Waals surface area contributed by atoms with Crippen molar-refractivity contribution >= 4 is 39.3 Å². The summed E-state index contributed by atoms with van der Waals surface area (Å²) in [5.74, 6) is -0.591. The number of carbonyl (C=O) groups excluding carboxylic acids is 1. The standard InChI is InChI=1S/C18H19ClN4O5/c1-3-18(2,28)17(27)20-6-7-23-16(26)12-13(15(25)22-23)21-11-8-9(19)4-5-10(11)14(12)24/h4-5,8,28H,3,6-7H2,1-2H3,(H,20,27)(H,21,24)(H,22,25). The Morgan fingerprint density at radius 3 is 2.71 bits per heavy atom. The van der Waals surface area contributed by atoms with Crippen LogP contribution in [-0.2, 0) is 11.3 Å². The summed E-state index contributed by atoms with van der Waals surface area (Å²) in [4.78, 5) is 52.5. The van der Waals surface area contributed by atoms with E-state index in [1.807, 2.05) is 0 Å². The van der Waals surface area contributed by atoms with E-state index in [1.165, 1.54) is 25.1 Å². The third kappa shape index (κ3) is 3.46. The van der Waals surface area contributed by atoms with Gasteiger partial charge in [-0.3, -0.25) is 24.3 Å². The van der Waals surface area contributed by atoms with Crippen LogP contribution < -0.4 is 21.9 Å². The van der Waals surface area contributed by atoms with Gasteiger partial charge >= 0.3 is 0 Å². The first-order valence-electron chi connectivity index (χ1n) is 8.64. The number of aliphatic hydroxyl groups is 1. The number of H-pyrrole nitrogens is 2. The molecule has 3 rings (SSSR count). The molecule has 10 heteroatoms. The summed E-state index contributed by atoms with van der Waals surface area (Å²) in [5.41, 5.74) is -3.24. The fourth-order valence-electron chi connectivity index (χ4n) is 2.79. The maximum atomic E-state index is 12.7. The number of aromatic nitrogens is 3. The Balaban J connectivity index is 2.02. The highest BCUT2D eigenvalue weighted by Gasteiger charge is 2.27. The van der Waals surface area contributed by atoms with E-state index in [1.54, 1.807) is 6.92 Å². The van der Waals surface area contributed by atoms with E-state index in [0.717, 1.165) is 4.68 Å². The molecule has 0 aliphatic rings. The average Bonchev–Trinajstić information content (AvgIpc) is 2.65. The maximum absolute atomic E-state index is 12.7. The van der Waals surface area contributed by atoms with Crippen molar-refractivity contribution in [2.45, 2.75) is 32.4 Å². The minimum atomic E-state index is -1.53. The van der Waals surface area contributed by atoms with Gasteiger partial charge in [0.1, 0.15) is 16.5 Å². The van der Waals surface area contributed by atoms with Gasteiger partial charge in [-0.15, -0.1) is 0 Å². The molecule has 4 N–H and O–H groups in total. The minimum absolute atomic E-state index is 0.0164. The van der Waals surface area contributed by atoms with Crippen LogP contribution in [0.3, 0.4) is 0 Å². The maximum Gasteiger partial charge on any atom is 0.287 e. The van der Waals surface area contributed by atoms with E-state index in [2.05, 4.69) is 15.4 Å². The molecule has 0 bridgehead atoms. The predicted molar refractivity (Wildman–Crippen MR) is 106 cm³/mol. The molecule has 0 fully saturated rings. The van der Waals surface area contributed by atoms with Crippen LogP contribution in [0, 0.1) is 0 Å². The number of aromatic amines is 2. The van der Waals surface area contributed by atoms with Crippen molar-refractivity contribution in [1.82, 2.24) is 20.1 Å². The Bertz CT molecular complexity index is 1260. The lowest BCUT2D eigenvalue weighted by Crippen LogP contribution is -2.45. The van der Waals surface area contributed by atoms with Gasteiger partial charge in [0, 0.05) is 17.0 Å². The monoisotopic (exact) mass is 406 g/mol. The molecule has 2 heterocycles. The number of halogens is 1. The quantitative estimate of drug-likeness (QED) is 0.456. The smallest absolute Gasteiger partial charge is 0.287 e. The molecule has 1 atom stereocenters. The van der Waals surface area contributed by atoms with E-state index >= 15 is 0 Å². The SMILES string of the molecule is CCC(C)(O)C(=O)NCCn1[nH]c(=O)c2[nH]c3cc(Cl)ccc3c(=O)c2c1=O. The fraction of sp³-hybridized carbons (Fsp3) is 0.333. The number of rotatable bonds is 5. The number of hydrogen-bond donors (Lipinski definition) is 4. The Labute approximate surface area is 162 Å². The number of hydrogen-bond acceptors (Lipinski definition) is 5. The van der Waals surface area contributed by atoms with E-state index < -0.39 is 28.1 Å². The van der Waals surface area contributed by atoms with Gasteiger partial charge in [0.2, 0.25) is 5.43 Å². The normalized spacial score (nSPS) is 13.6. The topological polar surface area (TPSA) is 137 Å². The van der Waals surface area contributed by atoms with Crippen LogP contribution in [0.4, 0.5) is 0 Å². The molecule has 2 aromatic heterocycles. The van der Waals surface area contributed by atoms with E-state index in [4.69, 9.17) is 11.6 Å². The Kier molecular flexibility index (Phi) is 5.14. The van der Waals surface area contributed by atoms with E-state index in [0.29, 0.717) is 10.5 Å². The van der Waals surface area contributed by atoms with Crippen molar-refractivity contribution < 1.29 is 9.90 Å². The molecular weight excluding hydrogens is 388 g/mol. The van der Waals surface area contributed by atoms with E-state index in [9.17, 15) is 24.3 Å². The number of pyridine rings is 1. The number of nitrogens with zero attached hydrogens (tertiary/aromatic N) is 1. The van der Waals surface area contributed by atoms with Crippen LogP contribution in [0.1, 0.15) is 20.3 Å².